The van der Waals surface area contributed by atoms with Crippen LogP contribution in [-0.2, 0) is 31.4 Å². The van der Waals surface area contributed by atoms with Gasteiger partial charge in [0.25, 0.3) is 0 Å². The van der Waals surface area contributed by atoms with Crippen LogP contribution in [0.25, 0.3) is 0 Å². The third-order valence-corrected chi connectivity index (χ3v) is 10.7. The normalized spacial score (nSPS) is 15.3. The molecule has 0 aliphatic carbocycles. The number of carbonyl (C=O) groups is 1. The Labute approximate surface area is 232 Å². The molecule has 1 aliphatic heterocycles. The van der Waals surface area contributed by atoms with Crippen LogP contribution in [0.2, 0.25) is 0 Å². The molecule has 0 atom stereocenters. The average molecular weight is 570 g/mol. The standard InChI is InChI=1S/C29H35N3O5S2/c1-2-20-31(39(36,37)28-16-10-5-11-17-28)24-29(33)32(23-25-12-6-3-7-13-25)26-18-21-30(22-19-26)38(34,35)27-14-8-4-9-15-27/h3-17,26H,2,18-24H2,1H3. The molecule has 0 unspecified atom stereocenters. The van der Waals surface area contributed by atoms with E-state index in [2.05, 4.69) is 0 Å². The third-order valence-electron chi connectivity index (χ3n) is 6.93. The van der Waals surface area contributed by atoms with Crippen LogP contribution in [0, 0.1) is 0 Å². The molecule has 0 saturated carbocycles. The first-order valence-electron chi connectivity index (χ1n) is 13.2. The fourth-order valence-corrected chi connectivity index (χ4v) is 7.85. The van der Waals surface area contributed by atoms with Crippen molar-refractivity contribution in [2.24, 2.45) is 0 Å². The highest BCUT2D eigenvalue weighted by Crippen LogP contribution is 2.25. The number of nitrogens with zero attached hydrogens (tertiary/aromatic N) is 3. The lowest BCUT2D eigenvalue weighted by molar-refractivity contribution is -0.135. The van der Waals surface area contributed by atoms with E-state index in [-0.39, 0.29) is 47.9 Å². The lowest BCUT2D eigenvalue weighted by Gasteiger charge is -2.39. The van der Waals surface area contributed by atoms with Crippen molar-refractivity contribution in [3.05, 3.63) is 96.6 Å². The summed E-state index contributed by atoms with van der Waals surface area (Å²) in [5.41, 5.74) is 0.929. The SMILES string of the molecule is CCCN(CC(=O)N(Cc1ccccc1)C1CCN(S(=O)(=O)c2ccccc2)CC1)S(=O)(=O)c1ccccc1. The van der Waals surface area contributed by atoms with Gasteiger partial charge < -0.3 is 4.90 Å². The molecule has 208 valence electrons. The molecule has 1 aliphatic rings. The van der Waals surface area contributed by atoms with Crippen LogP contribution in [0.1, 0.15) is 31.7 Å². The maximum absolute atomic E-state index is 13.8. The maximum atomic E-state index is 13.8. The van der Waals surface area contributed by atoms with Crippen molar-refractivity contribution in [1.29, 1.82) is 0 Å². The monoisotopic (exact) mass is 569 g/mol. The van der Waals surface area contributed by atoms with Gasteiger partial charge in [-0.05, 0) is 49.1 Å². The van der Waals surface area contributed by atoms with E-state index in [1.165, 1.54) is 20.7 Å². The molecule has 0 aromatic heterocycles. The van der Waals surface area contributed by atoms with Crippen molar-refractivity contribution in [2.75, 3.05) is 26.2 Å². The molecule has 0 spiro atoms. The zero-order valence-electron chi connectivity index (χ0n) is 22.1. The second kappa shape index (κ2) is 12.9. The van der Waals surface area contributed by atoms with Crippen LogP contribution >= 0.6 is 0 Å². The van der Waals surface area contributed by atoms with E-state index in [1.54, 1.807) is 53.4 Å². The number of rotatable bonds is 11. The Hall–Kier alpha value is -3.05. The second-order valence-electron chi connectivity index (χ2n) is 9.61. The molecule has 8 nitrogen and oxygen atoms in total. The van der Waals surface area contributed by atoms with Gasteiger partial charge in [-0.3, -0.25) is 4.79 Å². The Kier molecular flexibility index (Phi) is 9.55. The molecule has 0 bridgehead atoms. The zero-order valence-corrected chi connectivity index (χ0v) is 23.7. The van der Waals surface area contributed by atoms with Gasteiger partial charge in [-0.1, -0.05) is 73.7 Å². The molecule has 3 aromatic carbocycles. The van der Waals surface area contributed by atoms with Crippen LogP contribution in [-0.4, -0.2) is 68.5 Å². The quantitative estimate of drug-likeness (QED) is 0.348. The highest BCUT2D eigenvalue weighted by Gasteiger charge is 2.35. The predicted octanol–water partition coefficient (Wildman–Crippen LogP) is 3.97. The Morgan fingerprint density at radius 1 is 0.795 bits per heavy atom. The average Bonchev–Trinajstić information content (AvgIpc) is 2.97. The molecular formula is C29H35N3O5S2. The van der Waals surface area contributed by atoms with Crippen molar-refractivity contribution in [2.45, 2.75) is 48.6 Å². The minimum absolute atomic E-state index is 0.153. The summed E-state index contributed by atoms with van der Waals surface area (Å²) in [6.45, 7) is 2.70. The number of amides is 1. The predicted molar refractivity (Wildman–Crippen MR) is 151 cm³/mol. The van der Waals surface area contributed by atoms with Crippen molar-refractivity contribution in [3.63, 3.8) is 0 Å². The third kappa shape index (κ3) is 6.94. The van der Waals surface area contributed by atoms with E-state index < -0.39 is 20.0 Å². The van der Waals surface area contributed by atoms with Crippen LogP contribution in [0.15, 0.2) is 101 Å². The van der Waals surface area contributed by atoms with Crippen LogP contribution in [0.3, 0.4) is 0 Å². The summed E-state index contributed by atoms with van der Waals surface area (Å²) >= 11 is 0. The first-order chi connectivity index (χ1) is 18.7. The minimum atomic E-state index is -3.86. The zero-order chi connectivity index (χ0) is 27.9. The molecular weight excluding hydrogens is 534 g/mol. The second-order valence-corrected chi connectivity index (χ2v) is 13.5. The van der Waals surface area contributed by atoms with E-state index in [9.17, 15) is 21.6 Å². The molecule has 0 radical (unpaired) electrons. The van der Waals surface area contributed by atoms with Gasteiger partial charge in [0, 0.05) is 32.2 Å². The number of hydrogen-bond donors (Lipinski definition) is 0. The topological polar surface area (TPSA) is 95.1 Å². The Bertz CT molecular complexity index is 1430. The summed E-state index contributed by atoms with van der Waals surface area (Å²) in [4.78, 5) is 15.9. The number of carbonyl (C=O) groups excluding carboxylic acids is 1. The summed E-state index contributed by atoms with van der Waals surface area (Å²) in [6.07, 6.45) is 1.49. The molecule has 39 heavy (non-hydrogen) atoms. The highest BCUT2D eigenvalue weighted by molar-refractivity contribution is 7.89. The number of benzene rings is 3. The van der Waals surface area contributed by atoms with Gasteiger partial charge in [-0.25, -0.2) is 16.8 Å². The highest BCUT2D eigenvalue weighted by atomic mass is 32.2. The lowest BCUT2D eigenvalue weighted by atomic mass is 10.0. The van der Waals surface area contributed by atoms with E-state index in [0.29, 0.717) is 25.8 Å². The van der Waals surface area contributed by atoms with Gasteiger partial charge in [0.15, 0.2) is 0 Å². The molecule has 1 saturated heterocycles. The summed E-state index contributed by atoms with van der Waals surface area (Å²) < 4.78 is 55.7. The van der Waals surface area contributed by atoms with Crippen molar-refractivity contribution >= 4 is 26.0 Å². The van der Waals surface area contributed by atoms with E-state index in [0.717, 1.165) is 5.56 Å². The van der Waals surface area contributed by atoms with E-state index >= 15 is 0 Å². The fourth-order valence-electron chi connectivity index (χ4n) is 4.85. The molecule has 0 N–H and O–H groups in total. The lowest BCUT2D eigenvalue weighted by Crippen LogP contribution is -2.51. The van der Waals surface area contributed by atoms with Gasteiger partial charge in [0.05, 0.1) is 16.3 Å². The molecule has 1 fully saturated rings. The van der Waals surface area contributed by atoms with Crippen LogP contribution in [0.4, 0.5) is 0 Å². The van der Waals surface area contributed by atoms with Gasteiger partial charge in [-0.15, -0.1) is 0 Å². The summed E-state index contributed by atoms with van der Waals surface area (Å²) in [5.74, 6) is -0.295. The molecule has 1 heterocycles. The van der Waals surface area contributed by atoms with Gasteiger partial charge in [-0.2, -0.15) is 8.61 Å². The van der Waals surface area contributed by atoms with Crippen molar-refractivity contribution in [3.8, 4) is 0 Å². The molecule has 1 amide bonds. The minimum Gasteiger partial charge on any atom is -0.334 e. The van der Waals surface area contributed by atoms with E-state index in [4.69, 9.17) is 0 Å². The number of hydrogen-bond acceptors (Lipinski definition) is 5. The first kappa shape index (κ1) is 28.9. The Morgan fingerprint density at radius 2 is 1.31 bits per heavy atom. The summed E-state index contributed by atoms with van der Waals surface area (Å²) in [6, 6.07) is 25.8. The van der Waals surface area contributed by atoms with Gasteiger partial charge >= 0.3 is 0 Å². The Morgan fingerprint density at radius 3 is 1.85 bits per heavy atom. The number of sulfonamides is 2. The first-order valence-corrected chi connectivity index (χ1v) is 16.1. The smallest absolute Gasteiger partial charge is 0.243 e. The Balaban J connectivity index is 1.54. The fraction of sp³-hybridized carbons (Fsp3) is 0.345. The largest absolute Gasteiger partial charge is 0.334 e. The van der Waals surface area contributed by atoms with Crippen molar-refractivity contribution in [1.82, 2.24) is 13.5 Å². The maximum Gasteiger partial charge on any atom is 0.243 e. The number of piperidine rings is 1. The summed E-state index contributed by atoms with van der Waals surface area (Å²) in [7, 11) is -7.48. The van der Waals surface area contributed by atoms with Gasteiger partial charge in [0.2, 0.25) is 26.0 Å². The van der Waals surface area contributed by atoms with Crippen LogP contribution < -0.4 is 0 Å². The molecule has 3 aromatic rings. The van der Waals surface area contributed by atoms with Crippen molar-refractivity contribution < 1.29 is 21.6 Å². The summed E-state index contributed by atoms with van der Waals surface area (Å²) in [5, 5.41) is 0. The van der Waals surface area contributed by atoms with Gasteiger partial charge in [0.1, 0.15) is 0 Å². The van der Waals surface area contributed by atoms with E-state index in [1.807, 2.05) is 37.3 Å². The van der Waals surface area contributed by atoms with Crippen LogP contribution in [0.5, 0.6) is 0 Å². The molecule has 4 rings (SSSR count). The molecule has 10 heteroatoms.